The summed E-state index contributed by atoms with van der Waals surface area (Å²) in [6, 6.07) is 5.70. The number of anilines is 2. The van der Waals surface area contributed by atoms with Crippen LogP contribution < -0.4 is 16.0 Å². The number of carboxylic acids is 1. The second-order valence-corrected chi connectivity index (χ2v) is 3.95. The van der Waals surface area contributed by atoms with E-state index in [1.54, 1.807) is 24.3 Å². The number of amides is 3. The highest BCUT2D eigenvalue weighted by Crippen LogP contribution is 2.13. The number of carbonyl (C=O) groups is 3. The first-order chi connectivity index (χ1) is 9.38. The fourth-order valence-electron chi connectivity index (χ4n) is 1.29. The largest absolute Gasteiger partial charge is 0.479 e. The van der Waals surface area contributed by atoms with Crippen molar-refractivity contribution in [3.63, 3.8) is 0 Å². The summed E-state index contributed by atoms with van der Waals surface area (Å²) in [6.45, 7) is 0.985. The molecule has 1 rings (SSSR count). The van der Waals surface area contributed by atoms with Gasteiger partial charge in [0.25, 0.3) is 0 Å². The number of urea groups is 1. The van der Waals surface area contributed by atoms with Gasteiger partial charge < -0.3 is 26.2 Å². The first-order valence-electron chi connectivity index (χ1n) is 5.72. The quantitative estimate of drug-likeness (QED) is 0.527. The van der Waals surface area contributed by atoms with E-state index in [9.17, 15) is 14.4 Å². The molecule has 108 valence electrons. The van der Waals surface area contributed by atoms with Gasteiger partial charge in [0.05, 0.1) is 6.54 Å². The zero-order chi connectivity index (χ0) is 15.1. The standard InChI is InChI=1S/C12H15N3O5/c1-7(16)14-8-2-4-9(5-3-8)15-12(20)13-6-10(17)11(18)19/h2-5,10,17H,6H2,1H3,(H,14,16)(H,18,19)(H2,13,15,20)/t10-/m0/s1. The molecule has 1 atom stereocenters. The van der Waals surface area contributed by atoms with Crippen LogP contribution in [0.2, 0.25) is 0 Å². The molecule has 5 N–H and O–H groups in total. The summed E-state index contributed by atoms with van der Waals surface area (Å²) in [5.74, 6) is -1.61. The van der Waals surface area contributed by atoms with Crippen LogP contribution in [0.15, 0.2) is 24.3 Å². The van der Waals surface area contributed by atoms with Crippen LogP contribution in [0.1, 0.15) is 6.92 Å². The van der Waals surface area contributed by atoms with Crippen LogP contribution in [-0.2, 0) is 9.59 Å². The minimum absolute atomic E-state index is 0.203. The average molecular weight is 281 g/mol. The van der Waals surface area contributed by atoms with Gasteiger partial charge in [0.15, 0.2) is 6.10 Å². The van der Waals surface area contributed by atoms with Crippen molar-refractivity contribution in [1.82, 2.24) is 5.32 Å². The van der Waals surface area contributed by atoms with Gasteiger partial charge in [0, 0.05) is 18.3 Å². The molecule has 0 radical (unpaired) electrons. The summed E-state index contributed by atoms with van der Waals surface area (Å²) in [4.78, 5) is 32.6. The molecule has 0 bridgehead atoms. The lowest BCUT2D eigenvalue weighted by molar-refractivity contribution is -0.146. The Morgan fingerprint density at radius 3 is 2.05 bits per heavy atom. The second-order valence-electron chi connectivity index (χ2n) is 3.95. The molecule has 1 aromatic rings. The van der Waals surface area contributed by atoms with Crippen molar-refractivity contribution in [3.05, 3.63) is 24.3 Å². The lowest BCUT2D eigenvalue weighted by Crippen LogP contribution is -2.38. The number of nitrogens with one attached hydrogen (secondary N) is 3. The van der Waals surface area contributed by atoms with Gasteiger partial charge in [-0.05, 0) is 24.3 Å². The molecule has 0 heterocycles. The number of rotatable bonds is 5. The van der Waals surface area contributed by atoms with Gasteiger partial charge in [-0.25, -0.2) is 9.59 Å². The van der Waals surface area contributed by atoms with E-state index in [4.69, 9.17) is 10.2 Å². The van der Waals surface area contributed by atoms with Gasteiger partial charge in [-0.15, -0.1) is 0 Å². The Balaban J connectivity index is 2.46. The smallest absolute Gasteiger partial charge is 0.334 e. The van der Waals surface area contributed by atoms with Gasteiger partial charge in [-0.2, -0.15) is 0 Å². The van der Waals surface area contributed by atoms with Crippen LogP contribution in [-0.4, -0.2) is 40.8 Å². The number of benzene rings is 1. The molecule has 8 heteroatoms. The molecule has 3 amide bonds. The van der Waals surface area contributed by atoms with Gasteiger partial charge in [-0.3, -0.25) is 4.79 Å². The third-order valence-corrected chi connectivity index (χ3v) is 2.20. The number of aliphatic carboxylic acids is 1. The number of hydrogen-bond donors (Lipinski definition) is 5. The monoisotopic (exact) mass is 281 g/mol. The minimum Gasteiger partial charge on any atom is -0.479 e. The maximum Gasteiger partial charge on any atom is 0.334 e. The van der Waals surface area contributed by atoms with Crippen LogP contribution in [0.25, 0.3) is 0 Å². The Labute approximate surface area is 114 Å². The molecule has 0 saturated heterocycles. The van der Waals surface area contributed by atoms with Gasteiger partial charge in [0.2, 0.25) is 5.91 Å². The molecule has 20 heavy (non-hydrogen) atoms. The Bertz CT molecular complexity index is 500. The van der Waals surface area contributed by atoms with Crippen molar-refractivity contribution >= 4 is 29.3 Å². The first-order valence-corrected chi connectivity index (χ1v) is 5.72. The summed E-state index contributed by atoms with van der Waals surface area (Å²) < 4.78 is 0. The van der Waals surface area contributed by atoms with Crippen LogP contribution in [0, 0.1) is 0 Å². The highest BCUT2D eigenvalue weighted by Gasteiger charge is 2.13. The van der Waals surface area contributed by atoms with E-state index in [0.717, 1.165) is 0 Å². The topological polar surface area (TPSA) is 128 Å². The summed E-state index contributed by atoms with van der Waals surface area (Å²) >= 11 is 0. The summed E-state index contributed by atoms with van der Waals surface area (Å²) in [7, 11) is 0. The molecule has 8 nitrogen and oxygen atoms in total. The van der Waals surface area contributed by atoms with E-state index < -0.39 is 24.6 Å². The Kier molecular flexibility index (Phi) is 5.48. The van der Waals surface area contributed by atoms with E-state index in [-0.39, 0.29) is 5.91 Å². The third-order valence-electron chi connectivity index (χ3n) is 2.20. The number of aliphatic hydroxyl groups excluding tert-OH is 1. The molecule has 0 fully saturated rings. The molecule has 0 aliphatic carbocycles. The molecular weight excluding hydrogens is 266 g/mol. The molecule has 0 aromatic heterocycles. The summed E-state index contributed by atoms with van der Waals surface area (Å²) in [5, 5.41) is 24.6. The summed E-state index contributed by atoms with van der Waals surface area (Å²) in [6.07, 6.45) is -1.65. The number of hydrogen-bond acceptors (Lipinski definition) is 4. The molecule has 0 saturated carbocycles. The highest BCUT2D eigenvalue weighted by molar-refractivity contribution is 5.91. The van der Waals surface area contributed by atoms with Gasteiger partial charge >= 0.3 is 12.0 Å². The zero-order valence-electron chi connectivity index (χ0n) is 10.7. The normalized spacial score (nSPS) is 11.3. The van der Waals surface area contributed by atoms with E-state index in [1.807, 2.05) is 0 Å². The number of carboxylic acid groups (broad SMARTS) is 1. The Morgan fingerprint density at radius 1 is 1.10 bits per heavy atom. The number of aliphatic hydroxyl groups is 1. The Morgan fingerprint density at radius 2 is 1.60 bits per heavy atom. The maximum absolute atomic E-state index is 11.4. The molecule has 0 unspecified atom stereocenters. The fourth-order valence-corrected chi connectivity index (χ4v) is 1.29. The van der Waals surface area contributed by atoms with Crippen molar-refractivity contribution in [2.45, 2.75) is 13.0 Å². The number of carbonyl (C=O) groups excluding carboxylic acids is 2. The van der Waals surface area contributed by atoms with Crippen molar-refractivity contribution in [2.75, 3.05) is 17.2 Å². The van der Waals surface area contributed by atoms with Crippen molar-refractivity contribution in [3.8, 4) is 0 Å². The van der Waals surface area contributed by atoms with E-state index in [0.29, 0.717) is 11.4 Å². The van der Waals surface area contributed by atoms with Crippen LogP contribution >= 0.6 is 0 Å². The van der Waals surface area contributed by atoms with Crippen molar-refractivity contribution in [2.24, 2.45) is 0 Å². The molecular formula is C12H15N3O5. The van der Waals surface area contributed by atoms with E-state index in [2.05, 4.69) is 16.0 Å². The summed E-state index contributed by atoms with van der Waals surface area (Å²) in [5.41, 5.74) is 1.05. The van der Waals surface area contributed by atoms with Crippen LogP contribution in [0.3, 0.4) is 0 Å². The SMILES string of the molecule is CC(=O)Nc1ccc(NC(=O)NC[C@H](O)C(=O)O)cc1. The molecule has 0 spiro atoms. The third kappa shape index (κ3) is 5.36. The van der Waals surface area contributed by atoms with Crippen LogP contribution in [0.5, 0.6) is 0 Å². The average Bonchev–Trinajstić information content (AvgIpc) is 2.37. The minimum atomic E-state index is -1.65. The maximum atomic E-state index is 11.4. The molecule has 0 aliphatic rings. The van der Waals surface area contributed by atoms with Crippen molar-refractivity contribution < 1.29 is 24.6 Å². The highest BCUT2D eigenvalue weighted by atomic mass is 16.4. The first kappa shape index (κ1) is 15.4. The lowest BCUT2D eigenvalue weighted by Gasteiger charge is -2.10. The predicted octanol–water partition coefficient (Wildman–Crippen LogP) is 0.212. The Hall–Kier alpha value is -2.61. The van der Waals surface area contributed by atoms with Crippen molar-refractivity contribution in [1.29, 1.82) is 0 Å². The van der Waals surface area contributed by atoms with Gasteiger partial charge in [-0.1, -0.05) is 0 Å². The second kappa shape index (κ2) is 7.10. The van der Waals surface area contributed by atoms with E-state index >= 15 is 0 Å². The lowest BCUT2D eigenvalue weighted by atomic mass is 10.3. The van der Waals surface area contributed by atoms with Gasteiger partial charge in [0.1, 0.15) is 0 Å². The van der Waals surface area contributed by atoms with E-state index in [1.165, 1.54) is 6.92 Å². The molecule has 1 aromatic carbocycles. The van der Waals surface area contributed by atoms with Crippen LogP contribution in [0.4, 0.5) is 16.2 Å². The molecule has 0 aliphatic heterocycles. The predicted molar refractivity (Wildman–Crippen MR) is 71.4 cm³/mol. The fraction of sp³-hybridized carbons (Fsp3) is 0.250. The zero-order valence-corrected chi connectivity index (χ0v) is 10.7.